The zero-order chi connectivity index (χ0) is 10.7. The van der Waals surface area contributed by atoms with Crippen LogP contribution in [0.25, 0.3) is 0 Å². The minimum absolute atomic E-state index is 0.161. The Kier molecular flexibility index (Phi) is 3.33. The highest BCUT2D eigenvalue weighted by atomic mass is 16.2. The second-order valence-corrected chi connectivity index (χ2v) is 4.28. The van der Waals surface area contributed by atoms with Crippen molar-refractivity contribution in [3.8, 4) is 0 Å². The highest BCUT2D eigenvalue weighted by Gasteiger charge is 2.24. The number of piperidine rings is 1. The lowest BCUT2D eigenvalue weighted by Crippen LogP contribution is -2.46. The van der Waals surface area contributed by atoms with Gasteiger partial charge in [0.2, 0.25) is 5.91 Å². The van der Waals surface area contributed by atoms with Gasteiger partial charge < -0.3 is 4.90 Å². The van der Waals surface area contributed by atoms with Crippen LogP contribution in [0.4, 0.5) is 0 Å². The van der Waals surface area contributed by atoms with Gasteiger partial charge in [-0.3, -0.25) is 15.2 Å². The van der Waals surface area contributed by atoms with Gasteiger partial charge in [0.15, 0.2) is 0 Å². The van der Waals surface area contributed by atoms with Crippen LogP contribution in [0.3, 0.4) is 0 Å². The summed E-state index contributed by atoms with van der Waals surface area (Å²) in [6, 6.07) is 0. The highest BCUT2D eigenvalue weighted by Crippen LogP contribution is 2.16. The van der Waals surface area contributed by atoms with Crippen LogP contribution >= 0.6 is 0 Å². The van der Waals surface area contributed by atoms with Crippen molar-refractivity contribution in [3.63, 3.8) is 0 Å². The molecule has 0 unspecified atom stereocenters. The fourth-order valence-corrected chi connectivity index (χ4v) is 1.97. The van der Waals surface area contributed by atoms with Gasteiger partial charge in [0.1, 0.15) is 6.67 Å². The molecule has 2 rings (SSSR count). The van der Waals surface area contributed by atoms with Gasteiger partial charge in [-0.15, -0.1) is 0 Å². The summed E-state index contributed by atoms with van der Waals surface area (Å²) in [5.41, 5.74) is 2.91. The number of aliphatic imine (C=N–C) groups is 1. The largest absolute Gasteiger partial charge is 0.306 e. The Morgan fingerprint density at radius 3 is 2.80 bits per heavy atom. The molecule has 2 aliphatic rings. The van der Waals surface area contributed by atoms with Crippen molar-refractivity contribution in [1.29, 1.82) is 0 Å². The number of likely N-dealkylation sites (tertiary alicyclic amines) is 1. The zero-order valence-electron chi connectivity index (χ0n) is 9.15. The molecule has 1 amide bonds. The SMILES string of the molecule is CN1CCC(C(=O)NN2CC=NC2)CC1. The molecule has 1 saturated heterocycles. The Labute approximate surface area is 90.1 Å². The van der Waals surface area contributed by atoms with E-state index < -0.39 is 0 Å². The molecule has 0 aromatic heterocycles. The van der Waals surface area contributed by atoms with E-state index in [0.29, 0.717) is 6.67 Å². The minimum atomic E-state index is 0.161. The van der Waals surface area contributed by atoms with Gasteiger partial charge >= 0.3 is 0 Å². The standard InChI is InChI=1S/C10H18N4O/c1-13-5-2-9(3-6-13)10(15)12-14-7-4-11-8-14/h4,9H,2-3,5-8H2,1H3,(H,12,15). The van der Waals surface area contributed by atoms with Crippen LogP contribution in [0.1, 0.15) is 12.8 Å². The van der Waals surface area contributed by atoms with Crippen LogP contribution < -0.4 is 5.43 Å². The molecule has 1 fully saturated rings. The van der Waals surface area contributed by atoms with E-state index in [1.54, 1.807) is 0 Å². The van der Waals surface area contributed by atoms with Crippen molar-refractivity contribution >= 4 is 12.1 Å². The highest BCUT2D eigenvalue weighted by molar-refractivity contribution is 5.78. The van der Waals surface area contributed by atoms with E-state index >= 15 is 0 Å². The van der Waals surface area contributed by atoms with Crippen LogP contribution in [0.5, 0.6) is 0 Å². The molecule has 0 bridgehead atoms. The first-order chi connectivity index (χ1) is 7.25. The number of carbonyl (C=O) groups is 1. The molecule has 0 aromatic carbocycles. The monoisotopic (exact) mass is 210 g/mol. The molecule has 0 radical (unpaired) electrons. The van der Waals surface area contributed by atoms with Gasteiger partial charge in [0.25, 0.3) is 0 Å². The van der Waals surface area contributed by atoms with E-state index in [9.17, 15) is 4.79 Å². The lowest BCUT2D eigenvalue weighted by molar-refractivity contribution is -0.130. The van der Waals surface area contributed by atoms with E-state index in [4.69, 9.17) is 0 Å². The smallest absolute Gasteiger partial charge is 0.237 e. The maximum atomic E-state index is 11.8. The van der Waals surface area contributed by atoms with Gasteiger partial charge in [-0.25, -0.2) is 0 Å². The summed E-state index contributed by atoms with van der Waals surface area (Å²) in [6.07, 6.45) is 3.77. The van der Waals surface area contributed by atoms with E-state index in [1.807, 2.05) is 11.2 Å². The van der Waals surface area contributed by atoms with Crippen LogP contribution in [0, 0.1) is 5.92 Å². The molecule has 5 heteroatoms. The first kappa shape index (κ1) is 10.6. The fourth-order valence-electron chi connectivity index (χ4n) is 1.97. The summed E-state index contributed by atoms with van der Waals surface area (Å²) in [6.45, 7) is 3.37. The third-order valence-electron chi connectivity index (χ3n) is 3.04. The van der Waals surface area contributed by atoms with Crippen molar-refractivity contribution in [2.24, 2.45) is 10.9 Å². The predicted molar refractivity (Wildman–Crippen MR) is 58.4 cm³/mol. The van der Waals surface area contributed by atoms with Gasteiger partial charge in [0, 0.05) is 12.1 Å². The predicted octanol–water partition coefficient (Wildman–Crippen LogP) is -0.297. The minimum Gasteiger partial charge on any atom is -0.306 e. The zero-order valence-corrected chi connectivity index (χ0v) is 9.15. The Hall–Kier alpha value is -0.940. The first-order valence-corrected chi connectivity index (χ1v) is 5.48. The third kappa shape index (κ3) is 2.76. The maximum absolute atomic E-state index is 11.8. The fraction of sp³-hybridized carbons (Fsp3) is 0.800. The molecular weight excluding hydrogens is 192 g/mol. The molecule has 84 valence electrons. The number of hydrogen-bond acceptors (Lipinski definition) is 4. The number of carbonyl (C=O) groups excluding carboxylic acids is 1. The molecule has 2 heterocycles. The van der Waals surface area contributed by atoms with Crippen molar-refractivity contribution in [2.75, 3.05) is 33.4 Å². The van der Waals surface area contributed by atoms with Gasteiger partial charge in [-0.2, -0.15) is 5.01 Å². The summed E-state index contributed by atoms with van der Waals surface area (Å²) in [5, 5.41) is 1.85. The van der Waals surface area contributed by atoms with Crippen molar-refractivity contribution < 1.29 is 4.79 Å². The van der Waals surface area contributed by atoms with E-state index in [-0.39, 0.29) is 11.8 Å². The van der Waals surface area contributed by atoms with E-state index in [2.05, 4.69) is 22.4 Å². The molecule has 0 aromatic rings. The molecule has 2 aliphatic heterocycles. The molecule has 15 heavy (non-hydrogen) atoms. The Morgan fingerprint density at radius 1 is 1.47 bits per heavy atom. The van der Waals surface area contributed by atoms with Gasteiger partial charge in [-0.05, 0) is 33.0 Å². The number of nitrogens with one attached hydrogen (secondary N) is 1. The summed E-state index contributed by atoms with van der Waals surface area (Å²) < 4.78 is 0. The molecule has 1 N–H and O–H groups in total. The quantitative estimate of drug-likeness (QED) is 0.681. The van der Waals surface area contributed by atoms with E-state index in [1.165, 1.54) is 0 Å². The second kappa shape index (κ2) is 4.72. The van der Waals surface area contributed by atoms with E-state index in [0.717, 1.165) is 32.5 Å². The summed E-state index contributed by atoms with van der Waals surface area (Å²) in [5.74, 6) is 0.343. The van der Waals surface area contributed by atoms with Crippen LogP contribution in [-0.2, 0) is 4.79 Å². The lowest BCUT2D eigenvalue weighted by atomic mass is 9.97. The Bertz CT molecular complexity index is 250. The normalized spacial score (nSPS) is 24.6. The summed E-state index contributed by atoms with van der Waals surface area (Å²) in [7, 11) is 2.10. The molecule has 5 nitrogen and oxygen atoms in total. The van der Waals surface area contributed by atoms with Crippen LogP contribution in [-0.4, -0.2) is 55.4 Å². The maximum Gasteiger partial charge on any atom is 0.237 e. The molecular formula is C10H18N4O. The number of nitrogens with zero attached hydrogens (tertiary/aromatic N) is 3. The number of amides is 1. The molecule has 0 spiro atoms. The Morgan fingerprint density at radius 2 is 2.20 bits per heavy atom. The van der Waals surface area contributed by atoms with Crippen molar-refractivity contribution in [2.45, 2.75) is 12.8 Å². The molecule has 0 saturated carbocycles. The summed E-state index contributed by atoms with van der Waals surface area (Å²) in [4.78, 5) is 18.2. The van der Waals surface area contributed by atoms with Gasteiger partial charge in [-0.1, -0.05) is 0 Å². The number of rotatable bonds is 2. The van der Waals surface area contributed by atoms with Crippen LogP contribution in [0.2, 0.25) is 0 Å². The lowest BCUT2D eigenvalue weighted by Gasteiger charge is -2.29. The Balaban J connectivity index is 1.75. The number of hydrazine groups is 1. The molecule has 0 aliphatic carbocycles. The average molecular weight is 210 g/mol. The number of hydrogen-bond donors (Lipinski definition) is 1. The topological polar surface area (TPSA) is 47.9 Å². The molecule has 0 atom stereocenters. The van der Waals surface area contributed by atoms with Crippen molar-refractivity contribution in [1.82, 2.24) is 15.3 Å². The van der Waals surface area contributed by atoms with Crippen molar-refractivity contribution in [3.05, 3.63) is 0 Å². The first-order valence-electron chi connectivity index (χ1n) is 5.48. The van der Waals surface area contributed by atoms with Gasteiger partial charge in [0.05, 0.1) is 6.54 Å². The second-order valence-electron chi connectivity index (χ2n) is 4.28. The van der Waals surface area contributed by atoms with Crippen LogP contribution in [0.15, 0.2) is 4.99 Å². The summed E-state index contributed by atoms with van der Waals surface area (Å²) >= 11 is 0. The third-order valence-corrected chi connectivity index (χ3v) is 3.04. The average Bonchev–Trinajstić information content (AvgIpc) is 2.71.